The number of benzene rings is 1. The van der Waals surface area contributed by atoms with Crippen LogP contribution in [0.2, 0.25) is 0 Å². The molecule has 0 bridgehead atoms. The van der Waals surface area contributed by atoms with E-state index in [0.717, 1.165) is 11.3 Å². The molecular weight excluding hydrogens is 204 g/mol. The topological polar surface area (TPSA) is 39.4 Å². The minimum absolute atomic E-state index is 0.283. The zero-order valence-electron chi connectivity index (χ0n) is 8.77. The lowest BCUT2D eigenvalue weighted by Gasteiger charge is -2.06. The molecule has 0 fully saturated rings. The minimum Gasteiger partial charge on any atom is -0.462 e. The number of rotatable bonds is 1. The smallest absolute Gasteiger partial charge is 0.339 e. The van der Waals surface area contributed by atoms with Gasteiger partial charge in [-0.3, -0.25) is 0 Å². The van der Waals surface area contributed by atoms with Gasteiger partial charge in [-0.1, -0.05) is 18.2 Å². The molecule has 1 aliphatic heterocycles. The average molecular weight is 214 g/mol. The van der Waals surface area contributed by atoms with E-state index < -0.39 is 6.10 Å². The van der Waals surface area contributed by atoms with Gasteiger partial charge in [0.05, 0.1) is 5.56 Å². The van der Waals surface area contributed by atoms with Gasteiger partial charge in [-0.05, 0) is 25.1 Å². The van der Waals surface area contributed by atoms with Crippen LogP contribution in [-0.4, -0.2) is 5.97 Å². The standard InChI is InChI=1S/C13H10O3/c1-8-6-7-11(15-8)12-9-4-2-3-5-10(9)13(14)16-12/h2-7,12H,1H3. The van der Waals surface area contributed by atoms with Gasteiger partial charge < -0.3 is 9.15 Å². The van der Waals surface area contributed by atoms with Gasteiger partial charge in [-0.25, -0.2) is 4.79 Å². The average Bonchev–Trinajstić information content (AvgIpc) is 2.84. The summed E-state index contributed by atoms with van der Waals surface area (Å²) in [4.78, 5) is 11.6. The van der Waals surface area contributed by atoms with Crippen LogP contribution in [-0.2, 0) is 4.74 Å². The zero-order valence-corrected chi connectivity index (χ0v) is 8.77. The number of aryl methyl sites for hydroxylation is 1. The molecule has 0 aliphatic carbocycles. The molecule has 3 rings (SSSR count). The third-order valence-electron chi connectivity index (χ3n) is 2.71. The number of esters is 1. The Morgan fingerprint density at radius 2 is 1.94 bits per heavy atom. The second-order valence-electron chi connectivity index (χ2n) is 3.82. The van der Waals surface area contributed by atoms with Crippen LogP contribution in [0.3, 0.4) is 0 Å². The van der Waals surface area contributed by atoms with Crippen molar-refractivity contribution in [3.05, 3.63) is 59.0 Å². The number of furan rings is 1. The van der Waals surface area contributed by atoms with Crippen LogP contribution in [0, 0.1) is 6.92 Å². The molecule has 0 spiro atoms. The summed E-state index contributed by atoms with van der Waals surface area (Å²) < 4.78 is 10.8. The molecular formula is C13H10O3. The summed E-state index contributed by atoms with van der Waals surface area (Å²) in [5, 5.41) is 0. The molecule has 0 N–H and O–H groups in total. The highest BCUT2D eigenvalue weighted by Gasteiger charge is 2.33. The highest BCUT2D eigenvalue weighted by atomic mass is 16.6. The van der Waals surface area contributed by atoms with Gasteiger partial charge in [0.15, 0.2) is 6.10 Å². The molecule has 0 saturated carbocycles. The van der Waals surface area contributed by atoms with Crippen molar-refractivity contribution in [2.24, 2.45) is 0 Å². The Kier molecular flexibility index (Phi) is 1.86. The molecule has 3 heteroatoms. The monoisotopic (exact) mass is 214 g/mol. The van der Waals surface area contributed by atoms with E-state index in [1.165, 1.54) is 0 Å². The Hall–Kier alpha value is -2.03. The third-order valence-corrected chi connectivity index (χ3v) is 2.71. The zero-order chi connectivity index (χ0) is 11.1. The number of cyclic esters (lactones) is 1. The van der Waals surface area contributed by atoms with E-state index in [2.05, 4.69) is 0 Å². The van der Waals surface area contributed by atoms with Gasteiger partial charge in [0, 0.05) is 5.56 Å². The Bertz CT molecular complexity index is 554. The second kappa shape index (κ2) is 3.23. The molecule has 3 nitrogen and oxygen atoms in total. The second-order valence-corrected chi connectivity index (χ2v) is 3.82. The van der Waals surface area contributed by atoms with Gasteiger partial charge in [-0.2, -0.15) is 0 Å². The summed E-state index contributed by atoms with van der Waals surface area (Å²) in [6.07, 6.45) is -0.391. The normalized spacial score (nSPS) is 18.3. The summed E-state index contributed by atoms with van der Waals surface area (Å²) >= 11 is 0. The molecule has 0 amide bonds. The molecule has 1 unspecified atom stereocenters. The first-order valence-corrected chi connectivity index (χ1v) is 5.12. The highest BCUT2D eigenvalue weighted by molar-refractivity contribution is 5.94. The lowest BCUT2D eigenvalue weighted by Crippen LogP contribution is -1.98. The highest BCUT2D eigenvalue weighted by Crippen LogP contribution is 2.36. The van der Waals surface area contributed by atoms with Crippen molar-refractivity contribution >= 4 is 5.97 Å². The van der Waals surface area contributed by atoms with Crippen LogP contribution in [0.4, 0.5) is 0 Å². The number of ether oxygens (including phenoxy) is 1. The predicted octanol–water partition coefficient (Wildman–Crippen LogP) is 2.85. The fraction of sp³-hybridized carbons (Fsp3) is 0.154. The van der Waals surface area contributed by atoms with E-state index >= 15 is 0 Å². The summed E-state index contributed by atoms with van der Waals surface area (Å²) in [6, 6.07) is 11.1. The number of fused-ring (bicyclic) bond motifs is 1. The maximum absolute atomic E-state index is 11.6. The fourth-order valence-corrected chi connectivity index (χ4v) is 1.95. The summed E-state index contributed by atoms with van der Waals surface area (Å²) in [7, 11) is 0. The molecule has 2 aromatic rings. The molecule has 1 aromatic heterocycles. The van der Waals surface area contributed by atoms with Crippen molar-refractivity contribution in [3.63, 3.8) is 0 Å². The van der Waals surface area contributed by atoms with E-state index in [1.807, 2.05) is 37.3 Å². The molecule has 1 aromatic carbocycles. The van der Waals surface area contributed by atoms with Gasteiger partial charge in [0.1, 0.15) is 11.5 Å². The SMILES string of the molecule is Cc1ccc(C2OC(=O)c3ccccc32)o1. The van der Waals surface area contributed by atoms with E-state index in [1.54, 1.807) is 6.07 Å². The minimum atomic E-state index is -0.391. The van der Waals surface area contributed by atoms with E-state index in [4.69, 9.17) is 9.15 Å². The number of hydrogen-bond acceptors (Lipinski definition) is 3. The first kappa shape index (κ1) is 9.21. The predicted molar refractivity (Wildman–Crippen MR) is 57.1 cm³/mol. The maximum atomic E-state index is 11.6. The van der Waals surface area contributed by atoms with Gasteiger partial charge in [0.2, 0.25) is 0 Å². The quantitative estimate of drug-likeness (QED) is 0.685. The van der Waals surface area contributed by atoms with Crippen LogP contribution in [0.15, 0.2) is 40.8 Å². The molecule has 0 saturated heterocycles. The van der Waals surface area contributed by atoms with Crippen LogP contribution in [0.1, 0.15) is 33.5 Å². The molecule has 1 aliphatic rings. The first-order valence-electron chi connectivity index (χ1n) is 5.12. The Labute approximate surface area is 92.6 Å². The van der Waals surface area contributed by atoms with Gasteiger partial charge >= 0.3 is 5.97 Å². The summed E-state index contributed by atoms with van der Waals surface area (Å²) in [5.74, 6) is 1.21. The van der Waals surface area contributed by atoms with Crippen LogP contribution in [0.25, 0.3) is 0 Å². The van der Waals surface area contributed by atoms with Gasteiger partial charge in [-0.15, -0.1) is 0 Å². The summed E-state index contributed by atoms with van der Waals surface area (Å²) in [5.41, 5.74) is 1.50. The largest absolute Gasteiger partial charge is 0.462 e. The number of carbonyl (C=O) groups is 1. The van der Waals surface area contributed by atoms with Crippen molar-refractivity contribution in [2.75, 3.05) is 0 Å². The Morgan fingerprint density at radius 3 is 2.69 bits per heavy atom. The maximum Gasteiger partial charge on any atom is 0.339 e. The molecule has 16 heavy (non-hydrogen) atoms. The van der Waals surface area contributed by atoms with Crippen molar-refractivity contribution in [1.29, 1.82) is 0 Å². The number of hydrogen-bond donors (Lipinski definition) is 0. The lowest BCUT2D eigenvalue weighted by atomic mass is 10.0. The van der Waals surface area contributed by atoms with Crippen molar-refractivity contribution in [1.82, 2.24) is 0 Å². The van der Waals surface area contributed by atoms with Crippen molar-refractivity contribution < 1.29 is 13.9 Å². The molecule has 2 heterocycles. The first-order chi connectivity index (χ1) is 7.75. The molecule has 1 atom stereocenters. The summed E-state index contributed by atoms with van der Waals surface area (Å²) in [6.45, 7) is 1.87. The molecule has 80 valence electrons. The van der Waals surface area contributed by atoms with Gasteiger partial charge in [0.25, 0.3) is 0 Å². The van der Waals surface area contributed by atoms with E-state index in [0.29, 0.717) is 11.3 Å². The van der Waals surface area contributed by atoms with E-state index in [9.17, 15) is 4.79 Å². The van der Waals surface area contributed by atoms with Crippen LogP contribution in [0.5, 0.6) is 0 Å². The fourth-order valence-electron chi connectivity index (χ4n) is 1.95. The number of carbonyl (C=O) groups excluding carboxylic acids is 1. The lowest BCUT2D eigenvalue weighted by molar-refractivity contribution is 0.0419. The van der Waals surface area contributed by atoms with E-state index in [-0.39, 0.29) is 5.97 Å². The Morgan fingerprint density at radius 1 is 1.12 bits per heavy atom. The van der Waals surface area contributed by atoms with Crippen molar-refractivity contribution in [3.8, 4) is 0 Å². The molecule has 0 radical (unpaired) electrons. The van der Waals surface area contributed by atoms with Crippen LogP contribution >= 0.6 is 0 Å². The Balaban J connectivity index is 2.10. The van der Waals surface area contributed by atoms with Crippen LogP contribution < -0.4 is 0 Å². The third kappa shape index (κ3) is 1.25. The van der Waals surface area contributed by atoms with Crippen molar-refractivity contribution in [2.45, 2.75) is 13.0 Å².